The molecule has 0 saturated heterocycles. The summed E-state index contributed by atoms with van der Waals surface area (Å²) in [5.74, 6) is -11.7. The zero-order valence-electron chi connectivity index (χ0n) is 40.1. The van der Waals surface area contributed by atoms with Crippen LogP contribution in [0, 0.1) is 35.5 Å². The second-order valence-corrected chi connectivity index (χ2v) is 18.6. The molecule has 1 aromatic rings. The van der Waals surface area contributed by atoms with Crippen molar-refractivity contribution < 1.29 is 95.5 Å². The number of Topliss-reactive ketones (excluding diaryl/α,β-unsaturated/α-hetero) is 4. The number of benzene rings is 1. The molecule has 0 spiro atoms. The molecule has 1 aliphatic rings. The second-order valence-electron chi connectivity index (χ2n) is 18.3. The van der Waals surface area contributed by atoms with E-state index in [0.717, 1.165) is 0 Å². The van der Waals surface area contributed by atoms with E-state index >= 15 is 0 Å². The monoisotopic (exact) mass is 1200 g/mol. The third-order valence-corrected chi connectivity index (χ3v) is 13.0. The molecule has 1 aliphatic carbocycles. The van der Waals surface area contributed by atoms with Crippen LogP contribution >= 0.6 is 0 Å². The summed E-state index contributed by atoms with van der Waals surface area (Å²) in [5.41, 5.74) is 11.7. The summed E-state index contributed by atoms with van der Waals surface area (Å²) in [7, 11) is 0. The minimum atomic E-state index is -1.37. The van der Waals surface area contributed by atoms with Gasteiger partial charge in [0.1, 0.15) is 23.4 Å². The van der Waals surface area contributed by atoms with Crippen LogP contribution in [-0.2, 0) is 89.4 Å². The number of unbranched alkanes of at least 4 members (excludes halogenated alkanes) is 1. The number of rotatable bonds is 36. The molecule has 0 radical (unpaired) electrons. The molecule has 23 heteroatoms. The first-order valence-corrected chi connectivity index (χ1v) is 24.4. The average molecular weight is 1200 g/mol. The number of urea groups is 1. The Morgan fingerprint density at radius 2 is 1.27 bits per heavy atom. The summed E-state index contributed by atoms with van der Waals surface area (Å²) in [6.07, 6.45) is 0.888. The van der Waals surface area contributed by atoms with E-state index in [0.29, 0.717) is 50.6 Å². The molecule has 6 unspecified atom stereocenters. The molecule has 21 nitrogen and oxygen atoms in total. The molecule has 1 saturated carbocycles. The van der Waals surface area contributed by atoms with Gasteiger partial charge >= 0.3 is 46.3 Å². The Morgan fingerprint density at radius 3 is 1.83 bits per heavy atom. The minimum absolute atomic E-state index is 0. The van der Waals surface area contributed by atoms with Gasteiger partial charge in [-0.15, -0.1) is 5.75 Å². The van der Waals surface area contributed by atoms with E-state index in [1.54, 1.807) is 6.92 Å². The number of carboxylic acids is 3. The number of ketones is 4. The number of carbonyl (C=O) groups is 11. The maximum absolute atomic E-state index is 14.0. The molecule has 1 fully saturated rings. The van der Waals surface area contributed by atoms with E-state index in [-0.39, 0.29) is 123 Å². The standard InChI is InChI=1S/C48H72N6O15S.Au/c1-28(5-17-43(61)62)53-48(69)54-38(47(67)68)15-16-42(60)51-25-30-6-10-31(11-7-30)46(66)52-26-37(56)21-33(12-18-44(63)64)39(57)22-32(4-2-3-19-49)40(58)23-34(20-29-8-13-36(55)14-9-29)41(59)24-35(27-70)45(50)65;/h8-9,13-14,28,30-35,38,55,70H,2-7,10-12,15-27,49H2,1H3,(H2,50,65)(H,51,60)(H,52,66)(H,61,62)(H,63,64)(H,67,68)(H2,53,54,69);/q;+1/p-2. The molecule has 6 atom stereocenters. The fourth-order valence-corrected chi connectivity index (χ4v) is 8.57. The van der Waals surface area contributed by atoms with Crippen LogP contribution in [0.1, 0.15) is 122 Å². The van der Waals surface area contributed by atoms with Gasteiger partial charge in [-0.2, -0.15) is 5.75 Å². The van der Waals surface area contributed by atoms with E-state index in [1.807, 2.05) is 0 Å². The second kappa shape index (κ2) is 34.2. The van der Waals surface area contributed by atoms with Gasteiger partial charge in [-0.25, -0.2) is 9.59 Å². The number of nitrogens with one attached hydrogen (secondary N) is 4. The number of carbonyl (C=O) groups excluding carboxylic acids is 8. The first-order chi connectivity index (χ1) is 33.1. The van der Waals surface area contributed by atoms with Crippen molar-refractivity contribution in [3.63, 3.8) is 0 Å². The average Bonchev–Trinajstić information content (AvgIpc) is 3.31. The predicted molar refractivity (Wildman–Crippen MR) is 253 cm³/mol. The van der Waals surface area contributed by atoms with Crippen molar-refractivity contribution in [2.24, 2.45) is 47.0 Å². The van der Waals surface area contributed by atoms with Crippen molar-refractivity contribution in [1.29, 1.82) is 0 Å². The summed E-state index contributed by atoms with van der Waals surface area (Å²) >= 11 is 5.02. The molecular formula is C48H70AuN6O15S-. The Morgan fingerprint density at radius 1 is 0.704 bits per heavy atom. The van der Waals surface area contributed by atoms with Crippen molar-refractivity contribution >= 4 is 77.4 Å². The molecule has 2 rings (SSSR count). The Bertz CT molecular complexity index is 1970. The van der Waals surface area contributed by atoms with E-state index in [2.05, 4.69) is 21.3 Å². The summed E-state index contributed by atoms with van der Waals surface area (Å²) in [4.78, 5) is 139. The van der Waals surface area contributed by atoms with Gasteiger partial charge in [0.15, 0.2) is 5.78 Å². The van der Waals surface area contributed by atoms with Crippen LogP contribution in [0.3, 0.4) is 0 Å². The normalized spacial score (nSPS) is 16.8. The quantitative estimate of drug-likeness (QED) is 0.0261. The van der Waals surface area contributed by atoms with Gasteiger partial charge in [0.05, 0.1) is 6.54 Å². The number of amides is 5. The number of carboxylic acid groups (broad SMARTS) is 3. The Balaban J connectivity index is 0.0000252. The number of aliphatic carboxylic acids is 3. The van der Waals surface area contributed by atoms with Gasteiger partial charge in [-0.3, -0.25) is 43.2 Å². The molecule has 0 bridgehead atoms. The first kappa shape index (κ1) is 63.9. The van der Waals surface area contributed by atoms with Crippen LogP contribution in [-0.4, -0.2) is 118 Å². The number of hydrogen-bond acceptors (Lipinski definition) is 14. The first-order valence-electron chi connectivity index (χ1n) is 23.8. The van der Waals surface area contributed by atoms with Gasteiger partial charge < -0.3 is 65.8 Å². The fraction of sp³-hybridized carbons (Fsp3) is 0.646. The largest absolute Gasteiger partial charge is 1.00 e. The van der Waals surface area contributed by atoms with Crippen LogP contribution in [0.25, 0.3) is 0 Å². The summed E-state index contributed by atoms with van der Waals surface area (Å²) in [6.45, 7) is 1.73. The van der Waals surface area contributed by atoms with Crippen LogP contribution in [0.15, 0.2) is 24.3 Å². The van der Waals surface area contributed by atoms with Crippen molar-refractivity contribution in [3.8, 4) is 5.75 Å². The Kier molecular flexibility index (Phi) is 30.8. The SMILES string of the molecule is CC(CCC(=O)O)NC(=O)NC(CCC(=O)NCC1CCC(C(=O)NCC(=O)CC(CCC(=O)O)C(=O)CC(CCCCN)C(=O)CC(Cc2ccc([O-])cc2)C(=O)CC(C[S-])C(N)=O)CC1)C(=O)O.[Au+]. The van der Waals surface area contributed by atoms with Gasteiger partial charge in [-0.1, -0.05) is 30.7 Å². The van der Waals surface area contributed by atoms with E-state index < -0.39 is 114 Å². The Labute approximate surface area is 434 Å². The van der Waals surface area contributed by atoms with E-state index in [9.17, 15) is 68.1 Å². The van der Waals surface area contributed by atoms with Gasteiger partial charge in [0, 0.05) is 87.1 Å². The van der Waals surface area contributed by atoms with E-state index in [4.69, 9.17) is 29.2 Å². The zero-order chi connectivity index (χ0) is 52.3. The molecule has 1 aromatic carbocycles. The molecule has 11 N–H and O–H groups in total. The van der Waals surface area contributed by atoms with Crippen molar-refractivity contribution in [3.05, 3.63) is 29.8 Å². The molecule has 400 valence electrons. The molecule has 0 aromatic heterocycles. The van der Waals surface area contributed by atoms with Crippen LogP contribution in [0.5, 0.6) is 5.75 Å². The maximum Gasteiger partial charge on any atom is 1.00 e. The van der Waals surface area contributed by atoms with Crippen LogP contribution in [0.4, 0.5) is 4.79 Å². The third kappa shape index (κ3) is 26.2. The Hall–Kier alpha value is -5.16. The van der Waals surface area contributed by atoms with Crippen LogP contribution in [0.2, 0.25) is 0 Å². The predicted octanol–water partition coefficient (Wildman–Crippen LogP) is 1.45. The van der Waals surface area contributed by atoms with Crippen molar-refractivity contribution in [2.45, 2.75) is 135 Å². The van der Waals surface area contributed by atoms with Gasteiger partial charge in [-0.05, 0) is 89.2 Å². The third-order valence-electron chi connectivity index (χ3n) is 12.6. The van der Waals surface area contributed by atoms with Gasteiger partial charge in [0.2, 0.25) is 17.7 Å². The van der Waals surface area contributed by atoms with Crippen molar-refractivity contribution in [2.75, 3.05) is 25.4 Å². The number of primary amides is 1. The van der Waals surface area contributed by atoms with Crippen molar-refractivity contribution in [1.82, 2.24) is 21.3 Å². The summed E-state index contributed by atoms with van der Waals surface area (Å²) in [5, 5.41) is 49.7. The van der Waals surface area contributed by atoms with Gasteiger partial charge in [0.25, 0.3) is 0 Å². The molecule has 71 heavy (non-hydrogen) atoms. The maximum atomic E-state index is 14.0. The zero-order valence-corrected chi connectivity index (χ0v) is 43.1. The molecule has 0 heterocycles. The summed E-state index contributed by atoms with van der Waals surface area (Å²) < 4.78 is 0. The smallest absolute Gasteiger partial charge is 0.872 e. The number of nitrogens with two attached hydrogens (primary N) is 2. The molecule has 5 amide bonds. The topological polar surface area (TPSA) is 372 Å². The summed E-state index contributed by atoms with van der Waals surface area (Å²) in [6, 6.07) is 3.01. The number of hydrogen-bond donors (Lipinski definition) is 9. The minimum Gasteiger partial charge on any atom is -0.872 e. The fourth-order valence-electron chi connectivity index (χ4n) is 8.29. The molecule has 0 aliphatic heterocycles. The van der Waals surface area contributed by atoms with Crippen LogP contribution < -0.4 is 37.8 Å². The molecular weight excluding hydrogens is 1130 g/mol. The van der Waals surface area contributed by atoms with E-state index in [1.165, 1.54) is 24.3 Å².